The van der Waals surface area contributed by atoms with Crippen LogP contribution in [-0.2, 0) is 11.2 Å². The molecule has 0 radical (unpaired) electrons. The molecule has 1 aromatic carbocycles. The van der Waals surface area contributed by atoms with Crippen LogP contribution in [0.5, 0.6) is 0 Å². The molecule has 2 heterocycles. The Kier molecular flexibility index (Phi) is 3.87. The highest BCUT2D eigenvalue weighted by Gasteiger charge is 2.21. The van der Waals surface area contributed by atoms with Gasteiger partial charge in [-0.25, -0.2) is 4.39 Å². The van der Waals surface area contributed by atoms with Gasteiger partial charge in [0.05, 0.1) is 18.5 Å². The average Bonchev–Trinajstić information content (AvgIpc) is 2.78. The summed E-state index contributed by atoms with van der Waals surface area (Å²) in [5.74, 6) is -0.0811. The molecule has 0 spiro atoms. The molecule has 2 fully saturated rings. The number of benzene rings is 1. The molecule has 0 aromatic heterocycles. The van der Waals surface area contributed by atoms with Gasteiger partial charge in [0, 0.05) is 10.9 Å². The van der Waals surface area contributed by atoms with E-state index in [-0.39, 0.29) is 5.82 Å². The Balaban J connectivity index is 1.63. The molecule has 2 saturated heterocycles. The zero-order valence-electron chi connectivity index (χ0n) is 10.3. The quantitative estimate of drug-likeness (QED) is 0.906. The minimum atomic E-state index is -0.0811. The van der Waals surface area contributed by atoms with E-state index < -0.39 is 0 Å². The molecule has 1 aromatic rings. The fourth-order valence-corrected chi connectivity index (χ4v) is 3.45. The highest BCUT2D eigenvalue weighted by Crippen LogP contribution is 2.30. The Morgan fingerprint density at radius 2 is 2.28 bits per heavy atom. The molecule has 4 heteroatoms. The maximum atomic E-state index is 14.0. The van der Waals surface area contributed by atoms with E-state index in [1.54, 1.807) is 17.8 Å². The number of hydrogen-bond acceptors (Lipinski definition) is 3. The molecule has 98 valence electrons. The van der Waals surface area contributed by atoms with Crippen molar-refractivity contribution in [3.05, 3.63) is 29.6 Å². The summed E-state index contributed by atoms with van der Waals surface area (Å²) < 4.78 is 19.1. The predicted molar refractivity (Wildman–Crippen MR) is 71.6 cm³/mol. The molecule has 0 saturated carbocycles. The standard InChI is InChI=1S/C14H18FNOS/c15-13-7-10(6-11-2-1-5-16-11)3-4-14(13)18-12-8-17-9-12/h3-4,7,11-12,16H,1-2,5-6,8-9H2. The minimum absolute atomic E-state index is 0.0811. The van der Waals surface area contributed by atoms with Crippen molar-refractivity contribution in [1.82, 2.24) is 5.32 Å². The van der Waals surface area contributed by atoms with Crippen molar-refractivity contribution in [2.45, 2.75) is 35.4 Å². The zero-order chi connectivity index (χ0) is 12.4. The molecule has 1 unspecified atom stereocenters. The summed E-state index contributed by atoms with van der Waals surface area (Å²) >= 11 is 1.59. The van der Waals surface area contributed by atoms with Crippen LogP contribution in [0.4, 0.5) is 4.39 Å². The van der Waals surface area contributed by atoms with Crippen LogP contribution in [0.1, 0.15) is 18.4 Å². The number of thioether (sulfide) groups is 1. The van der Waals surface area contributed by atoms with E-state index in [9.17, 15) is 4.39 Å². The largest absolute Gasteiger partial charge is 0.379 e. The van der Waals surface area contributed by atoms with Gasteiger partial charge in [0.25, 0.3) is 0 Å². The maximum Gasteiger partial charge on any atom is 0.137 e. The third-order valence-corrected chi connectivity index (χ3v) is 4.73. The van der Waals surface area contributed by atoms with Crippen molar-refractivity contribution >= 4 is 11.8 Å². The Labute approximate surface area is 111 Å². The van der Waals surface area contributed by atoms with Gasteiger partial charge in [-0.2, -0.15) is 0 Å². The van der Waals surface area contributed by atoms with E-state index in [1.165, 1.54) is 12.8 Å². The topological polar surface area (TPSA) is 21.3 Å². The van der Waals surface area contributed by atoms with Crippen molar-refractivity contribution in [3.63, 3.8) is 0 Å². The van der Waals surface area contributed by atoms with Crippen LogP contribution in [0.3, 0.4) is 0 Å². The van der Waals surface area contributed by atoms with Crippen molar-refractivity contribution in [1.29, 1.82) is 0 Å². The molecule has 2 aliphatic heterocycles. The zero-order valence-corrected chi connectivity index (χ0v) is 11.1. The molecular formula is C14H18FNOS. The Hall–Kier alpha value is -0.580. The van der Waals surface area contributed by atoms with E-state index in [4.69, 9.17) is 4.74 Å². The summed E-state index contributed by atoms with van der Waals surface area (Å²) in [5.41, 5.74) is 1.10. The molecule has 0 amide bonds. The Morgan fingerprint density at radius 1 is 1.39 bits per heavy atom. The van der Waals surface area contributed by atoms with Gasteiger partial charge in [0.15, 0.2) is 0 Å². The molecule has 2 nitrogen and oxygen atoms in total. The fraction of sp³-hybridized carbons (Fsp3) is 0.571. The lowest BCUT2D eigenvalue weighted by molar-refractivity contribution is 0.0455. The first kappa shape index (κ1) is 12.5. The number of rotatable bonds is 4. The van der Waals surface area contributed by atoms with Crippen LogP contribution >= 0.6 is 11.8 Å². The summed E-state index contributed by atoms with van der Waals surface area (Å²) in [6, 6.07) is 6.21. The number of hydrogen-bond donors (Lipinski definition) is 1. The molecule has 3 rings (SSSR count). The number of ether oxygens (including phenoxy) is 1. The van der Waals surface area contributed by atoms with E-state index in [0.717, 1.165) is 36.6 Å². The van der Waals surface area contributed by atoms with Gasteiger partial charge < -0.3 is 10.1 Å². The summed E-state index contributed by atoms with van der Waals surface area (Å²) in [5, 5.41) is 3.88. The highest BCUT2D eigenvalue weighted by atomic mass is 32.2. The Bertz CT molecular complexity index is 416. The molecule has 0 bridgehead atoms. The van der Waals surface area contributed by atoms with Gasteiger partial charge >= 0.3 is 0 Å². The summed E-state index contributed by atoms with van der Waals surface area (Å²) in [6.07, 6.45) is 3.38. The Morgan fingerprint density at radius 3 is 2.89 bits per heavy atom. The lowest BCUT2D eigenvalue weighted by atomic mass is 10.0. The van der Waals surface area contributed by atoms with Gasteiger partial charge in [0.2, 0.25) is 0 Å². The molecule has 18 heavy (non-hydrogen) atoms. The first-order chi connectivity index (χ1) is 8.81. The summed E-state index contributed by atoms with van der Waals surface area (Å²) in [6.45, 7) is 2.60. The van der Waals surface area contributed by atoms with Crippen LogP contribution < -0.4 is 5.32 Å². The van der Waals surface area contributed by atoms with E-state index in [0.29, 0.717) is 11.3 Å². The number of halogens is 1. The lowest BCUT2D eigenvalue weighted by Gasteiger charge is -2.25. The minimum Gasteiger partial charge on any atom is -0.379 e. The molecule has 0 aliphatic carbocycles. The van der Waals surface area contributed by atoms with E-state index >= 15 is 0 Å². The number of nitrogens with one attached hydrogen (secondary N) is 1. The predicted octanol–water partition coefficient (Wildman–Crippen LogP) is 2.61. The SMILES string of the molecule is Fc1cc(CC2CCCN2)ccc1SC1COC1. The van der Waals surface area contributed by atoms with Gasteiger partial charge in [-0.1, -0.05) is 6.07 Å². The molecule has 1 atom stereocenters. The fourth-order valence-electron chi connectivity index (χ4n) is 2.44. The third kappa shape index (κ3) is 2.87. The second kappa shape index (κ2) is 5.59. The molecular weight excluding hydrogens is 249 g/mol. The van der Waals surface area contributed by atoms with Gasteiger partial charge in [-0.05, 0) is 43.5 Å². The second-order valence-corrected chi connectivity index (χ2v) is 6.38. The smallest absolute Gasteiger partial charge is 0.137 e. The van der Waals surface area contributed by atoms with Crippen molar-refractivity contribution in [2.75, 3.05) is 19.8 Å². The highest BCUT2D eigenvalue weighted by molar-refractivity contribution is 8.00. The lowest BCUT2D eigenvalue weighted by Crippen LogP contribution is -2.30. The van der Waals surface area contributed by atoms with Gasteiger partial charge in [-0.15, -0.1) is 11.8 Å². The summed E-state index contributed by atoms with van der Waals surface area (Å²) in [4.78, 5) is 0.756. The second-order valence-electron chi connectivity index (χ2n) is 5.04. The molecule has 2 aliphatic rings. The first-order valence-electron chi connectivity index (χ1n) is 6.57. The first-order valence-corrected chi connectivity index (χ1v) is 7.45. The van der Waals surface area contributed by atoms with Crippen LogP contribution in [0.2, 0.25) is 0 Å². The van der Waals surface area contributed by atoms with Gasteiger partial charge in [0.1, 0.15) is 5.82 Å². The van der Waals surface area contributed by atoms with Gasteiger partial charge in [-0.3, -0.25) is 0 Å². The summed E-state index contributed by atoms with van der Waals surface area (Å²) in [7, 11) is 0. The average molecular weight is 267 g/mol. The van der Waals surface area contributed by atoms with Crippen molar-refractivity contribution in [2.24, 2.45) is 0 Å². The van der Waals surface area contributed by atoms with Crippen molar-refractivity contribution < 1.29 is 9.13 Å². The van der Waals surface area contributed by atoms with Crippen molar-refractivity contribution in [3.8, 4) is 0 Å². The van der Waals surface area contributed by atoms with Crippen LogP contribution in [0.25, 0.3) is 0 Å². The van der Waals surface area contributed by atoms with E-state index in [1.807, 2.05) is 6.07 Å². The molecule has 1 N–H and O–H groups in total. The van der Waals surface area contributed by atoms with Crippen LogP contribution in [0, 0.1) is 5.82 Å². The van der Waals surface area contributed by atoms with Crippen LogP contribution in [-0.4, -0.2) is 31.1 Å². The maximum absolute atomic E-state index is 14.0. The third-order valence-electron chi connectivity index (χ3n) is 3.54. The monoisotopic (exact) mass is 267 g/mol. The normalized spacial score (nSPS) is 24.2. The van der Waals surface area contributed by atoms with E-state index in [2.05, 4.69) is 11.4 Å². The van der Waals surface area contributed by atoms with Crippen LogP contribution in [0.15, 0.2) is 23.1 Å².